The quantitative estimate of drug-likeness (QED) is 0.590. The van der Waals surface area contributed by atoms with Crippen LogP contribution in [0.5, 0.6) is 0 Å². The molecule has 0 atom stereocenters. The minimum absolute atomic E-state index is 0.187. The Bertz CT molecular complexity index is 548. The number of rotatable bonds is 9. The van der Waals surface area contributed by atoms with Gasteiger partial charge in [-0.25, -0.2) is 4.79 Å². The number of aromatic nitrogens is 2. The van der Waals surface area contributed by atoms with Crippen molar-refractivity contribution in [3.05, 3.63) is 20.8 Å². The first kappa shape index (κ1) is 17.3. The fraction of sp³-hybridized carbons (Fsp3) is 0.714. The molecule has 0 aromatic carbocycles. The molecule has 0 aliphatic heterocycles. The Morgan fingerprint density at radius 2 is 2.05 bits per heavy atom. The molecule has 21 heavy (non-hydrogen) atoms. The lowest BCUT2D eigenvalue weighted by atomic mass is 10.2. The van der Waals surface area contributed by atoms with Crippen molar-refractivity contribution >= 4 is 11.5 Å². The van der Waals surface area contributed by atoms with Crippen LogP contribution in [0.3, 0.4) is 0 Å². The van der Waals surface area contributed by atoms with Gasteiger partial charge in [0.2, 0.25) is 0 Å². The molecular formula is C14H26N4O3. The molecule has 0 bridgehead atoms. The Labute approximate surface area is 124 Å². The predicted octanol–water partition coefficient (Wildman–Crippen LogP) is 1.00. The number of ether oxygens (including phenoxy) is 1. The molecule has 7 nitrogen and oxygen atoms in total. The number of nitrogens with two attached hydrogens (primary N) is 1. The highest BCUT2D eigenvalue weighted by molar-refractivity contribution is 5.60. The highest BCUT2D eigenvalue weighted by Crippen LogP contribution is 2.11. The molecule has 0 spiro atoms. The summed E-state index contributed by atoms with van der Waals surface area (Å²) >= 11 is 0. The lowest BCUT2D eigenvalue weighted by Crippen LogP contribution is -2.35. The van der Waals surface area contributed by atoms with E-state index >= 15 is 0 Å². The van der Waals surface area contributed by atoms with Crippen LogP contribution in [-0.2, 0) is 11.3 Å². The SMILES string of the molecule is CCCOCCCNc1c(N)n(CC(C)C)c(=O)[nH]c1=O. The monoisotopic (exact) mass is 298 g/mol. The molecule has 0 amide bonds. The summed E-state index contributed by atoms with van der Waals surface area (Å²) in [6.45, 7) is 8.42. The van der Waals surface area contributed by atoms with Gasteiger partial charge in [0.05, 0.1) is 0 Å². The summed E-state index contributed by atoms with van der Waals surface area (Å²) in [4.78, 5) is 25.9. The van der Waals surface area contributed by atoms with Crippen molar-refractivity contribution in [1.82, 2.24) is 9.55 Å². The van der Waals surface area contributed by atoms with Gasteiger partial charge in [0.1, 0.15) is 11.5 Å². The summed E-state index contributed by atoms with van der Waals surface area (Å²) < 4.78 is 6.76. The molecule has 0 saturated heterocycles. The summed E-state index contributed by atoms with van der Waals surface area (Å²) in [5, 5.41) is 2.99. The van der Waals surface area contributed by atoms with Gasteiger partial charge >= 0.3 is 5.69 Å². The van der Waals surface area contributed by atoms with Crippen molar-refractivity contribution in [2.24, 2.45) is 5.92 Å². The Balaban J connectivity index is 2.73. The van der Waals surface area contributed by atoms with Crippen LogP contribution >= 0.6 is 0 Å². The molecule has 1 rings (SSSR count). The molecule has 4 N–H and O–H groups in total. The predicted molar refractivity (Wildman–Crippen MR) is 84.8 cm³/mol. The smallest absolute Gasteiger partial charge is 0.330 e. The maximum Gasteiger partial charge on any atom is 0.330 e. The van der Waals surface area contributed by atoms with Gasteiger partial charge in [-0.15, -0.1) is 0 Å². The molecule has 0 radical (unpaired) electrons. The van der Waals surface area contributed by atoms with E-state index in [1.165, 1.54) is 4.57 Å². The van der Waals surface area contributed by atoms with Crippen molar-refractivity contribution in [3.63, 3.8) is 0 Å². The standard InChI is InChI=1S/C14H26N4O3/c1-4-7-21-8-5-6-16-11-12(15)18(9-10(2)3)14(20)17-13(11)19/h10,16H,4-9,15H2,1-3H3,(H,17,19,20). The zero-order chi connectivity index (χ0) is 15.8. The average molecular weight is 298 g/mol. The summed E-state index contributed by atoms with van der Waals surface area (Å²) in [5.74, 6) is 0.443. The minimum Gasteiger partial charge on any atom is -0.383 e. The summed E-state index contributed by atoms with van der Waals surface area (Å²) in [7, 11) is 0. The normalized spacial score (nSPS) is 11.0. The number of H-pyrrole nitrogens is 1. The lowest BCUT2D eigenvalue weighted by molar-refractivity contribution is 0.134. The number of hydrogen-bond donors (Lipinski definition) is 3. The third-order valence-corrected chi connectivity index (χ3v) is 2.90. The molecular weight excluding hydrogens is 272 g/mol. The van der Waals surface area contributed by atoms with Crippen molar-refractivity contribution in [1.29, 1.82) is 0 Å². The van der Waals surface area contributed by atoms with E-state index in [1.54, 1.807) is 0 Å². The average Bonchev–Trinajstić information content (AvgIpc) is 2.41. The van der Waals surface area contributed by atoms with E-state index in [0.717, 1.165) is 19.4 Å². The maximum absolute atomic E-state index is 11.8. The van der Waals surface area contributed by atoms with Crippen molar-refractivity contribution < 1.29 is 4.74 Å². The van der Waals surface area contributed by atoms with Crippen LogP contribution in [-0.4, -0.2) is 29.3 Å². The molecule has 1 aromatic rings. The van der Waals surface area contributed by atoms with Gasteiger partial charge in [-0.2, -0.15) is 0 Å². The highest BCUT2D eigenvalue weighted by atomic mass is 16.5. The Kier molecular flexibility index (Phi) is 7.01. The van der Waals surface area contributed by atoms with Crippen LogP contribution in [0.4, 0.5) is 11.5 Å². The number of nitrogens with zero attached hydrogens (tertiary/aromatic N) is 1. The molecule has 0 aliphatic carbocycles. The number of anilines is 2. The zero-order valence-electron chi connectivity index (χ0n) is 13.1. The van der Waals surface area contributed by atoms with Gasteiger partial charge in [0.15, 0.2) is 0 Å². The van der Waals surface area contributed by atoms with E-state index in [0.29, 0.717) is 19.7 Å². The van der Waals surface area contributed by atoms with Gasteiger partial charge in [-0.05, 0) is 18.8 Å². The van der Waals surface area contributed by atoms with Gasteiger partial charge in [-0.3, -0.25) is 14.3 Å². The van der Waals surface area contributed by atoms with E-state index in [1.807, 2.05) is 13.8 Å². The van der Waals surface area contributed by atoms with Gasteiger partial charge in [0, 0.05) is 26.3 Å². The first-order chi connectivity index (χ1) is 9.97. The largest absolute Gasteiger partial charge is 0.383 e. The van der Waals surface area contributed by atoms with Crippen LogP contribution < -0.4 is 22.3 Å². The van der Waals surface area contributed by atoms with E-state index in [4.69, 9.17) is 10.5 Å². The Morgan fingerprint density at radius 1 is 1.33 bits per heavy atom. The van der Waals surface area contributed by atoms with Gasteiger partial charge < -0.3 is 15.8 Å². The Hall–Kier alpha value is -1.76. The number of aromatic amines is 1. The molecule has 0 saturated carbocycles. The van der Waals surface area contributed by atoms with Crippen LogP contribution in [0, 0.1) is 5.92 Å². The van der Waals surface area contributed by atoms with Crippen molar-refractivity contribution in [3.8, 4) is 0 Å². The second-order valence-electron chi connectivity index (χ2n) is 5.42. The van der Waals surface area contributed by atoms with E-state index in [2.05, 4.69) is 17.2 Å². The van der Waals surface area contributed by atoms with Crippen LogP contribution in [0.15, 0.2) is 9.59 Å². The number of nitrogens with one attached hydrogen (secondary N) is 2. The summed E-state index contributed by atoms with van der Waals surface area (Å²) in [6, 6.07) is 0. The van der Waals surface area contributed by atoms with Crippen LogP contribution in [0.25, 0.3) is 0 Å². The van der Waals surface area contributed by atoms with Gasteiger partial charge in [-0.1, -0.05) is 20.8 Å². The third kappa shape index (κ3) is 5.26. The number of hydrogen-bond acceptors (Lipinski definition) is 5. The zero-order valence-corrected chi connectivity index (χ0v) is 13.1. The van der Waals surface area contributed by atoms with E-state index < -0.39 is 11.2 Å². The fourth-order valence-corrected chi connectivity index (χ4v) is 1.94. The topological polar surface area (TPSA) is 102 Å². The Morgan fingerprint density at radius 3 is 2.67 bits per heavy atom. The molecule has 0 fully saturated rings. The first-order valence-corrected chi connectivity index (χ1v) is 7.41. The molecule has 1 aromatic heterocycles. The second kappa shape index (κ2) is 8.51. The molecule has 1 heterocycles. The minimum atomic E-state index is -0.480. The first-order valence-electron chi connectivity index (χ1n) is 7.41. The summed E-state index contributed by atoms with van der Waals surface area (Å²) in [5.41, 5.74) is 5.25. The van der Waals surface area contributed by atoms with Crippen molar-refractivity contribution in [2.75, 3.05) is 30.8 Å². The van der Waals surface area contributed by atoms with Gasteiger partial charge in [0.25, 0.3) is 5.56 Å². The summed E-state index contributed by atoms with van der Waals surface area (Å²) in [6.07, 6.45) is 1.75. The van der Waals surface area contributed by atoms with Crippen LogP contribution in [0.1, 0.15) is 33.6 Å². The fourth-order valence-electron chi connectivity index (χ4n) is 1.94. The number of nitrogen functional groups attached to an aromatic ring is 1. The van der Waals surface area contributed by atoms with Crippen LogP contribution in [0.2, 0.25) is 0 Å². The molecule has 0 aliphatic rings. The molecule has 7 heteroatoms. The lowest BCUT2D eigenvalue weighted by Gasteiger charge is -2.15. The molecule has 120 valence electrons. The van der Waals surface area contributed by atoms with E-state index in [9.17, 15) is 9.59 Å². The molecule has 0 unspecified atom stereocenters. The van der Waals surface area contributed by atoms with E-state index in [-0.39, 0.29) is 17.4 Å². The highest BCUT2D eigenvalue weighted by Gasteiger charge is 2.12. The third-order valence-electron chi connectivity index (χ3n) is 2.90. The maximum atomic E-state index is 11.8. The van der Waals surface area contributed by atoms with Crippen molar-refractivity contribution in [2.45, 2.75) is 40.2 Å². The second-order valence-corrected chi connectivity index (χ2v) is 5.42.